The van der Waals surface area contributed by atoms with Crippen LogP contribution in [0.3, 0.4) is 0 Å². The molecule has 1 saturated heterocycles. The van der Waals surface area contributed by atoms with Gasteiger partial charge in [-0.25, -0.2) is 4.79 Å². The van der Waals surface area contributed by atoms with E-state index in [4.69, 9.17) is 9.15 Å². The molecule has 1 aromatic heterocycles. The van der Waals surface area contributed by atoms with Gasteiger partial charge in [0.05, 0.1) is 12.3 Å². The minimum absolute atomic E-state index is 0.187. The summed E-state index contributed by atoms with van der Waals surface area (Å²) in [6.45, 7) is 9.46. The SMILES string of the molecule is CC(c1ccco1)N(C)CC1CCCCN1C(=O)OC(C)(C)C. The van der Waals surface area contributed by atoms with Gasteiger partial charge in [-0.3, -0.25) is 4.90 Å². The van der Waals surface area contributed by atoms with Crippen molar-refractivity contribution in [3.8, 4) is 0 Å². The molecule has 0 N–H and O–H groups in total. The number of carbonyl (C=O) groups excluding carboxylic acids is 1. The second kappa shape index (κ2) is 7.39. The summed E-state index contributed by atoms with van der Waals surface area (Å²) in [4.78, 5) is 16.6. The van der Waals surface area contributed by atoms with E-state index in [1.54, 1.807) is 6.26 Å². The fourth-order valence-corrected chi connectivity index (χ4v) is 2.99. The van der Waals surface area contributed by atoms with Gasteiger partial charge in [-0.2, -0.15) is 0 Å². The largest absolute Gasteiger partial charge is 0.468 e. The molecule has 0 aliphatic carbocycles. The van der Waals surface area contributed by atoms with Gasteiger partial charge in [0.2, 0.25) is 0 Å². The molecule has 0 aromatic carbocycles. The highest BCUT2D eigenvalue weighted by Gasteiger charge is 2.32. The van der Waals surface area contributed by atoms with Gasteiger partial charge >= 0.3 is 6.09 Å². The Hall–Kier alpha value is -1.49. The molecule has 2 heterocycles. The van der Waals surface area contributed by atoms with Crippen LogP contribution in [0.1, 0.15) is 58.8 Å². The van der Waals surface area contributed by atoms with Crippen molar-refractivity contribution in [1.82, 2.24) is 9.80 Å². The average Bonchev–Trinajstić information content (AvgIpc) is 2.99. The first-order valence-corrected chi connectivity index (χ1v) is 8.51. The van der Waals surface area contributed by atoms with E-state index < -0.39 is 5.60 Å². The maximum atomic E-state index is 12.5. The summed E-state index contributed by atoms with van der Waals surface area (Å²) in [6.07, 6.45) is 4.74. The van der Waals surface area contributed by atoms with Crippen LogP contribution in [0.5, 0.6) is 0 Å². The lowest BCUT2D eigenvalue weighted by molar-refractivity contribution is 0.00430. The van der Waals surface area contributed by atoms with Gasteiger partial charge in [-0.15, -0.1) is 0 Å². The number of hydrogen-bond acceptors (Lipinski definition) is 4. The van der Waals surface area contributed by atoms with Gasteiger partial charge in [0, 0.05) is 19.1 Å². The summed E-state index contributed by atoms with van der Waals surface area (Å²) in [7, 11) is 2.08. The Morgan fingerprint density at radius 3 is 2.83 bits per heavy atom. The minimum Gasteiger partial charge on any atom is -0.468 e. The molecule has 1 aliphatic rings. The summed E-state index contributed by atoms with van der Waals surface area (Å²) in [5, 5.41) is 0. The van der Waals surface area contributed by atoms with Crippen molar-refractivity contribution in [2.45, 2.75) is 64.6 Å². The number of ether oxygens (including phenoxy) is 1. The van der Waals surface area contributed by atoms with E-state index in [0.717, 1.165) is 38.1 Å². The summed E-state index contributed by atoms with van der Waals surface area (Å²) < 4.78 is 11.1. The molecule has 0 bridgehead atoms. The highest BCUT2D eigenvalue weighted by atomic mass is 16.6. The lowest BCUT2D eigenvalue weighted by Gasteiger charge is -2.39. The van der Waals surface area contributed by atoms with E-state index in [0.29, 0.717) is 0 Å². The van der Waals surface area contributed by atoms with Gasteiger partial charge in [0.15, 0.2) is 0 Å². The molecule has 1 aliphatic heterocycles. The van der Waals surface area contributed by atoms with E-state index in [1.807, 2.05) is 37.8 Å². The van der Waals surface area contributed by atoms with Crippen molar-refractivity contribution < 1.29 is 13.9 Å². The zero-order valence-corrected chi connectivity index (χ0v) is 15.0. The number of likely N-dealkylation sites (tertiary alicyclic amines) is 1. The summed E-state index contributed by atoms with van der Waals surface area (Å²) in [5.41, 5.74) is -0.452. The second-order valence-electron chi connectivity index (χ2n) is 7.45. The molecule has 5 heteroatoms. The fourth-order valence-electron chi connectivity index (χ4n) is 2.99. The topological polar surface area (TPSA) is 45.9 Å². The van der Waals surface area contributed by atoms with E-state index in [2.05, 4.69) is 18.9 Å². The van der Waals surface area contributed by atoms with E-state index in [9.17, 15) is 4.79 Å². The van der Waals surface area contributed by atoms with Gasteiger partial charge in [-0.05, 0) is 66.1 Å². The smallest absolute Gasteiger partial charge is 0.410 e. The zero-order chi connectivity index (χ0) is 17.0. The summed E-state index contributed by atoms with van der Waals surface area (Å²) in [6, 6.07) is 4.29. The Kier molecular flexibility index (Phi) is 5.74. The van der Waals surface area contributed by atoms with Crippen molar-refractivity contribution >= 4 is 6.09 Å². The number of rotatable bonds is 4. The average molecular weight is 322 g/mol. The van der Waals surface area contributed by atoms with Crippen molar-refractivity contribution in [1.29, 1.82) is 0 Å². The molecule has 0 radical (unpaired) electrons. The van der Waals surface area contributed by atoms with Gasteiger partial charge < -0.3 is 14.1 Å². The van der Waals surface area contributed by atoms with Gasteiger partial charge in [0.1, 0.15) is 11.4 Å². The Morgan fingerprint density at radius 1 is 1.48 bits per heavy atom. The predicted molar refractivity (Wildman–Crippen MR) is 90.3 cm³/mol. The molecule has 130 valence electrons. The summed E-state index contributed by atoms with van der Waals surface area (Å²) >= 11 is 0. The van der Waals surface area contributed by atoms with Crippen LogP contribution in [-0.2, 0) is 4.74 Å². The number of amides is 1. The van der Waals surface area contributed by atoms with Crippen LogP contribution in [0.25, 0.3) is 0 Å². The third-order valence-electron chi connectivity index (χ3n) is 4.37. The van der Waals surface area contributed by atoms with Crippen LogP contribution in [0.4, 0.5) is 4.79 Å². The summed E-state index contributed by atoms with van der Waals surface area (Å²) in [5.74, 6) is 0.951. The lowest BCUT2D eigenvalue weighted by atomic mass is 10.0. The van der Waals surface area contributed by atoms with Crippen molar-refractivity contribution in [2.24, 2.45) is 0 Å². The Balaban J connectivity index is 1.99. The molecule has 2 rings (SSSR count). The molecule has 1 aromatic rings. The minimum atomic E-state index is -0.452. The number of piperidine rings is 1. The Labute approximate surface area is 139 Å². The van der Waals surface area contributed by atoms with Crippen LogP contribution < -0.4 is 0 Å². The van der Waals surface area contributed by atoms with E-state index in [-0.39, 0.29) is 18.2 Å². The molecule has 0 saturated carbocycles. The normalized spacial score (nSPS) is 20.6. The molecule has 23 heavy (non-hydrogen) atoms. The second-order valence-corrected chi connectivity index (χ2v) is 7.45. The highest BCUT2D eigenvalue weighted by Crippen LogP contribution is 2.24. The number of nitrogens with zero attached hydrogens (tertiary/aromatic N) is 2. The molecular formula is C18H30N2O3. The fraction of sp³-hybridized carbons (Fsp3) is 0.722. The monoisotopic (exact) mass is 322 g/mol. The van der Waals surface area contributed by atoms with Gasteiger partial charge in [-0.1, -0.05) is 0 Å². The molecular weight excluding hydrogens is 292 g/mol. The molecule has 1 amide bonds. The van der Waals surface area contributed by atoms with Crippen LogP contribution in [0, 0.1) is 0 Å². The first-order valence-electron chi connectivity index (χ1n) is 8.51. The predicted octanol–water partition coefficient (Wildman–Crippen LogP) is 4.06. The van der Waals surface area contributed by atoms with Crippen molar-refractivity contribution in [2.75, 3.05) is 20.1 Å². The van der Waals surface area contributed by atoms with Crippen molar-refractivity contribution in [3.05, 3.63) is 24.2 Å². The maximum Gasteiger partial charge on any atom is 0.410 e. The molecule has 0 spiro atoms. The standard InChI is InChI=1S/C18H30N2O3/c1-14(16-10-8-12-22-16)19(5)13-15-9-6-7-11-20(15)17(21)23-18(2,3)4/h8,10,12,14-15H,6-7,9,11,13H2,1-5H3. The van der Waals surface area contributed by atoms with Crippen LogP contribution in [-0.4, -0.2) is 47.7 Å². The highest BCUT2D eigenvalue weighted by molar-refractivity contribution is 5.68. The van der Waals surface area contributed by atoms with Crippen LogP contribution in [0.2, 0.25) is 0 Å². The number of carbonyl (C=O) groups is 1. The third-order valence-corrected chi connectivity index (χ3v) is 4.37. The lowest BCUT2D eigenvalue weighted by Crippen LogP contribution is -2.50. The first kappa shape index (κ1) is 17.9. The van der Waals surface area contributed by atoms with E-state index in [1.165, 1.54) is 0 Å². The molecule has 1 fully saturated rings. The number of hydrogen-bond donors (Lipinski definition) is 0. The zero-order valence-electron chi connectivity index (χ0n) is 15.0. The molecule has 5 nitrogen and oxygen atoms in total. The van der Waals surface area contributed by atoms with Crippen LogP contribution >= 0.6 is 0 Å². The first-order chi connectivity index (χ1) is 10.8. The third kappa shape index (κ3) is 4.99. The molecule has 2 atom stereocenters. The van der Waals surface area contributed by atoms with Crippen LogP contribution in [0.15, 0.2) is 22.8 Å². The Morgan fingerprint density at radius 2 is 2.22 bits per heavy atom. The quantitative estimate of drug-likeness (QED) is 0.838. The number of likely N-dealkylation sites (N-methyl/N-ethyl adjacent to an activating group) is 1. The Bertz CT molecular complexity index is 493. The van der Waals surface area contributed by atoms with E-state index >= 15 is 0 Å². The van der Waals surface area contributed by atoms with Crippen molar-refractivity contribution in [3.63, 3.8) is 0 Å². The molecule has 2 unspecified atom stereocenters. The van der Waals surface area contributed by atoms with Gasteiger partial charge in [0.25, 0.3) is 0 Å². The maximum absolute atomic E-state index is 12.5. The number of furan rings is 1.